The predicted molar refractivity (Wildman–Crippen MR) is 87.0 cm³/mol. The molecular weight excluding hydrogens is 334 g/mol. The zero-order chi connectivity index (χ0) is 15.7. The summed E-state index contributed by atoms with van der Waals surface area (Å²) >= 11 is 3.34. The molecule has 0 fully saturated rings. The van der Waals surface area contributed by atoms with E-state index in [4.69, 9.17) is 0 Å². The van der Waals surface area contributed by atoms with Crippen molar-refractivity contribution in [2.24, 2.45) is 0 Å². The number of amides is 2. The molecule has 1 rings (SSSR count). The Labute approximate surface area is 134 Å². The van der Waals surface area contributed by atoms with Crippen molar-refractivity contribution in [3.8, 4) is 0 Å². The molecule has 0 spiro atoms. The Morgan fingerprint density at radius 2 is 1.76 bits per heavy atom. The van der Waals surface area contributed by atoms with E-state index >= 15 is 0 Å². The van der Waals surface area contributed by atoms with Crippen molar-refractivity contribution >= 4 is 27.7 Å². The molecule has 1 aromatic rings. The van der Waals surface area contributed by atoms with Crippen molar-refractivity contribution in [3.63, 3.8) is 0 Å². The first-order valence-electron chi connectivity index (χ1n) is 6.90. The van der Waals surface area contributed by atoms with Crippen LogP contribution >= 0.6 is 15.9 Å². The third-order valence-corrected chi connectivity index (χ3v) is 3.36. The van der Waals surface area contributed by atoms with Crippen LogP contribution in [0.25, 0.3) is 0 Å². The minimum absolute atomic E-state index is 0.0251. The molecule has 0 aliphatic carbocycles. The largest absolute Gasteiger partial charge is 0.355 e. The van der Waals surface area contributed by atoms with Crippen molar-refractivity contribution in [1.82, 2.24) is 15.5 Å². The summed E-state index contributed by atoms with van der Waals surface area (Å²) in [6.45, 7) is 1.58. The van der Waals surface area contributed by atoms with Crippen LogP contribution in [0.3, 0.4) is 0 Å². The van der Waals surface area contributed by atoms with Crippen molar-refractivity contribution in [2.75, 3.05) is 33.7 Å². The van der Waals surface area contributed by atoms with Gasteiger partial charge in [-0.2, -0.15) is 0 Å². The van der Waals surface area contributed by atoms with Gasteiger partial charge in [-0.3, -0.25) is 9.59 Å². The second-order valence-electron chi connectivity index (χ2n) is 5.09. The van der Waals surface area contributed by atoms with Crippen LogP contribution in [0.15, 0.2) is 28.7 Å². The van der Waals surface area contributed by atoms with E-state index in [-0.39, 0.29) is 24.8 Å². The lowest BCUT2D eigenvalue weighted by atomic mass is 10.1. The van der Waals surface area contributed by atoms with E-state index in [9.17, 15) is 9.59 Å². The Kier molecular flexibility index (Phi) is 8.00. The van der Waals surface area contributed by atoms with Gasteiger partial charge in [0.2, 0.25) is 11.8 Å². The number of carbonyl (C=O) groups is 2. The van der Waals surface area contributed by atoms with Crippen LogP contribution in [0.1, 0.15) is 12.0 Å². The molecule has 1 aromatic carbocycles. The van der Waals surface area contributed by atoms with Crippen LogP contribution in [0.2, 0.25) is 0 Å². The van der Waals surface area contributed by atoms with Gasteiger partial charge in [0.15, 0.2) is 0 Å². The van der Waals surface area contributed by atoms with Gasteiger partial charge in [-0.25, -0.2) is 0 Å². The molecule has 0 radical (unpaired) electrons. The van der Waals surface area contributed by atoms with Gasteiger partial charge in [-0.1, -0.05) is 28.1 Å². The minimum atomic E-state index is -0.155. The molecule has 2 N–H and O–H groups in total. The van der Waals surface area contributed by atoms with Crippen LogP contribution in [-0.2, 0) is 16.0 Å². The molecule has 0 aliphatic rings. The first-order chi connectivity index (χ1) is 9.97. The maximum absolute atomic E-state index is 11.7. The number of hydrogen-bond acceptors (Lipinski definition) is 3. The fourth-order valence-electron chi connectivity index (χ4n) is 1.71. The second-order valence-corrected chi connectivity index (χ2v) is 6.00. The molecule has 0 unspecified atom stereocenters. The van der Waals surface area contributed by atoms with Crippen LogP contribution in [0.4, 0.5) is 0 Å². The molecule has 0 saturated carbocycles. The lowest BCUT2D eigenvalue weighted by Crippen LogP contribution is -2.38. The Hall–Kier alpha value is -1.40. The number of rotatable bonds is 8. The number of nitrogens with zero attached hydrogens (tertiary/aromatic N) is 1. The average Bonchev–Trinajstić information content (AvgIpc) is 2.44. The van der Waals surface area contributed by atoms with E-state index in [1.807, 2.05) is 38.4 Å². The molecule has 5 nitrogen and oxygen atoms in total. The highest BCUT2D eigenvalue weighted by molar-refractivity contribution is 9.10. The lowest BCUT2D eigenvalue weighted by molar-refractivity contribution is -0.125. The SMILES string of the molecule is CN(C)CCCNC(=O)CNC(=O)Cc1ccc(Br)cc1. The standard InChI is InChI=1S/C15H22BrN3O2/c1-19(2)9-3-8-17-15(21)11-18-14(20)10-12-4-6-13(16)7-5-12/h4-7H,3,8-11H2,1-2H3,(H,17,21)(H,18,20). The fourth-order valence-corrected chi connectivity index (χ4v) is 1.98. The summed E-state index contributed by atoms with van der Waals surface area (Å²) in [6, 6.07) is 7.54. The number of carbonyl (C=O) groups excluding carboxylic acids is 2. The smallest absolute Gasteiger partial charge is 0.239 e. The minimum Gasteiger partial charge on any atom is -0.355 e. The summed E-state index contributed by atoms with van der Waals surface area (Å²) in [7, 11) is 3.98. The fraction of sp³-hybridized carbons (Fsp3) is 0.467. The van der Waals surface area contributed by atoms with E-state index in [2.05, 4.69) is 31.5 Å². The Morgan fingerprint density at radius 3 is 2.38 bits per heavy atom. The normalized spacial score (nSPS) is 10.5. The first kappa shape index (κ1) is 17.7. The Balaban J connectivity index is 2.17. The molecule has 0 atom stereocenters. The second kappa shape index (κ2) is 9.52. The molecule has 0 aliphatic heterocycles. The van der Waals surface area contributed by atoms with Gasteiger partial charge in [0, 0.05) is 11.0 Å². The topological polar surface area (TPSA) is 61.4 Å². The van der Waals surface area contributed by atoms with Crippen LogP contribution in [0, 0.1) is 0 Å². The predicted octanol–water partition coefficient (Wildman–Crippen LogP) is 1.18. The van der Waals surface area contributed by atoms with Gasteiger partial charge in [-0.15, -0.1) is 0 Å². The van der Waals surface area contributed by atoms with E-state index in [1.165, 1.54) is 0 Å². The summed E-state index contributed by atoms with van der Waals surface area (Å²) in [4.78, 5) is 25.3. The van der Waals surface area contributed by atoms with E-state index in [0.29, 0.717) is 6.54 Å². The summed E-state index contributed by atoms with van der Waals surface area (Å²) in [5.74, 6) is -0.307. The highest BCUT2D eigenvalue weighted by Crippen LogP contribution is 2.10. The maximum Gasteiger partial charge on any atom is 0.239 e. The van der Waals surface area contributed by atoms with Gasteiger partial charge >= 0.3 is 0 Å². The van der Waals surface area contributed by atoms with Gasteiger partial charge in [0.25, 0.3) is 0 Å². The summed E-state index contributed by atoms with van der Waals surface area (Å²) < 4.78 is 0.976. The molecular formula is C15H22BrN3O2. The molecule has 6 heteroatoms. The molecule has 116 valence electrons. The summed E-state index contributed by atoms with van der Waals surface area (Å²) in [5.41, 5.74) is 0.919. The molecule has 2 amide bonds. The van der Waals surface area contributed by atoms with Crippen molar-refractivity contribution in [1.29, 1.82) is 0 Å². The number of benzene rings is 1. The lowest BCUT2D eigenvalue weighted by Gasteiger charge is -2.10. The quantitative estimate of drug-likeness (QED) is 0.688. The number of nitrogens with one attached hydrogen (secondary N) is 2. The van der Waals surface area contributed by atoms with Crippen molar-refractivity contribution < 1.29 is 9.59 Å². The third-order valence-electron chi connectivity index (χ3n) is 2.83. The van der Waals surface area contributed by atoms with Crippen LogP contribution in [-0.4, -0.2) is 50.4 Å². The Bertz CT molecular complexity index is 460. The highest BCUT2D eigenvalue weighted by atomic mass is 79.9. The highest BCUT2D eigenvalue weighted by Gasteiger charge is 2.06. The van der Waals surface area contributed by atoms with Gasteiger partial charge < -0.3 is 15.5 Å². The molecule has 0 aromatic heterocycles. The molecule has 0 saturated heterocycles. The number of halogens is 1. The zero-order valence-corrected chi connectivity index (χ0v) is 14.1. The van der Waals surface area contributed by atoms with Crippen molar-refractivity contribution in [3.05, 3.63) is 34.3 Å². The van der Waals surface area contributed by atoms with Gasteiger partial charge in [0.1, 0.15) is 0 Å². The average molecular weight is 356 g/mol. The van der Waals surface area contributed by atoms with Gasteiger partial charge in [0.05, 0.1) is 13.0 Å². The van der Waals surface area contributed by atoms with Crippen LogP contribution in [0.5, 0.6) is 0 Å². The third kappa shape index (κ3) is 8.47. The summed E-state index contributed by atoms with van der Waals surface area (Å²) in [6.07, 6.45) is 1.17. The van der Waals surface area contributed by atoms with E-state index < -0.39 is 0 Å². The van der Waals surface area contributed by atoms with Crippen LogP contribution < -0.4 is 10.6 Å². The van der Waals surface area contributed by atoms with E-state index in [0.717, 1.165) is 23.0 Å². The van der Waals surface area contributed by atoms with Crippen molar-refractivity contribution in [2.45, 2.75) is 12.8 Å². The van der Waals surface area contributed by atoms with E-state index in [1.54, 1.807) is 0 Å². The Morgan fingerprint density at radius 1 is 1.10 bits per heavy atom. The number of hydrogen-bond donors (Lipinski definition) is 2. The maximum atomic E-state index is 11.7. The molecule has 0 bridgehead atoms. The monoisotopic (exact) mass is 355 g/mol. The first-order valence-corrected chi connectivity index (χ1v) is 7.69. The van der Waals surface area contributed by atoms with Gasteiger partial charge in [-0.05, 0) is 44.8 Å². The zero-order valence-electron chi connectivity index (χ0n) is 12.5. The molecule has 0 heterocycles. The molecule has 21 heavy (non-hydrogen) atoms. The summed E-state index contributed by atoms with van der Waals surface area (Å²) in [5, 5.41) is 5.40.